The number of hydrogen-bond donors (Lipinski definition) is 1. The molecule has 1 aromatic heterocycles. The molecule has 90 valence electrons. The molecule has 0 radical (unpaired) electrons. The number of nitrogens with one attached hydrogen (secondary N) is 1. The highest BCUT2D eigenvalue weighted by atomic mass is 16.5. The number of hydrogen-bond acceptors (Lipinski definition) is 3. The molecule has 0 spiro atoms. The van der Waals surface area contributed by atoms with Gasteiger partial charge in [0.25, 0.3) is 0 Å². The fraction of sp³-hybridized carbons (Fsp3) is 0.769. The quantitative estimate of drug-likeness (QED) is 0.835. The largest absolute Gasteiger partial charge is 0.361 e. The maximum absolute atomic E-state index is 5.42. The van der Waals surface area contributed by atoms with Gasteiger partial charge in [-0.3, -0.25) is 0 Å². The SMILES string of the molecule is CC(C)(C)c1cnoc1CC1CCCNC1. The molecule has 1 aliphatic rings. The van der Waals surface area contributed by atoms with Crippen molar-refractivity contribution in [3.63, 3.8) is 0 Å². The molecule has 0 aliphatic carbocycles. The van der Waals surface area contributed by atoms with Crippen molar-refractivity contribution >= 4 is 0 Å². The summed E-state index contributed by atoms with van der Waals surface area (Å²) in [6, 6.07) is 0. The molecule has 16 heavy (non-hydrogen) atoms. The smallest absolute Gasteiger partial charge is 0.140 e. The van der Waals surface area contributed by atoms with Crippen LogP contribution in [0.1, 0.15) is 44.9 Å². The van der Waals surface area contributed by atoms with Gasteiger partial charge in [0.15, 0.2) is 0 Å². The van der Waals surface area contributed by atoms with E-state index in [1.165, 1.54) is 24.9 Å². The first-order valence-corrected chi connectivity index (χ1v) is 6.22. The molecular weight excluding hydrogens is 200 g/mol. The van der Waals surface area contributed by atoms with Crippen molar-refractivity contribution in [2.24, 2.45) is 5.92 Å². The molecule has 0 bridgehead atoms. The van der Waals surface area contributed by atoms with Crippen LogP contribution in [0.25, 0.3) is 0 Å². The molecule has 2 rings (SSSR count). The average molecular weight is 222 g/mol. The molecule has 1 fully saturated rings. The Bertz CT molecular complexity index is 332. The van der Waals surface area contributed by atoms with Crippen molar-refractivity contribution in [1.29, 1.82) is 0 Å². The van der Waals surface area contributed by atoms with E-state index < -0.39 is 0 Å². The zero-order chi connectivity index (χ0) is 11.6. The van der Waals surface area contributed by atoms with E-state index in [0.717, 1.165) is 18.7 Å². The van der Waals surface area contributed by atoms with Gasteiger partial charge in [-0.15, -0.1) is 0 Å². The second kappa shape index (κ2) is 4.58. The summed E-state index contributed by atoms with van der Waals surface area (Å²) in [5.41, 5.74) is 1.40. The van der Waals surface area contributed by atoms with E-state index in [1.54, 1.807) is 0 Å². The molecule has 3 heteroatoms. The zero-order valence-electron chi connectivity index (χ0n) is 10.5. The van der Waals surface area contributed by atoms with Gasteiger partial charge in [-0.2, -0.15) is 0 Å². The Morgan fingerprint density at radius 3 is 2.94 bits per heavy atom. The second-order valence-electron chi connectivity index (χ2n) is 5.83. The summed E-state index contributed by atoms with van der Waals surface area (Å²) >= 11 is 0. The predicted molar refractivity (Wildman–Crippen MR) is 64.5 cm³/mol. The first kappa shape index (κ1) is 11.6. The highest BCUT2D eigenvalue weighted by Gasteiger charge is 2.24. The summed E-state index contributed by atoms with van der Waals surface area (Å²) in [7, 11) is 0. The molecule has 1 aliphatic heterocycles. The van der Waals surface area contributed by atoms with Gasteiger partial charge in [-0.05, 0) is 37.3 Å². The number of aromatic nitrogens is 1. The first-order valence-electron chi connectivity index (χ1n) is 6.22. The summed E-state index contributed by atoms with van der Waals surface area (Å²) < 4.78 is 5.42. The molecule has 1 unspecified atom stereocenters. The van der Waals surface area contributed by atoms with E-state index in [4.69, 9.17) is 4.52 Å². The molecule has 0 aromatic carbocycles. The van der Waals surface area contributed by atoms with Gasteiger partial charge in [-0.25, -0.2) is 0 Å². The van der Waals surface area contributed by atoms with Crippen molar-refractivity contribution in [1.82, 2.24) is 10.5 Å². The molecule has 1 saturated heterocycles. The van der Waals surface area contributed by atoms with E-state index in [1.807, 2.05) is 6.20 Å². The Labute approximate surface area is 97.6 Å². The van der Waals surface area contributed by atoms with Crippen LogP contribution >= 0.6 is 0 Å². The molecule has 2 heterocycles. The third kappa shape index (κ3) is 2.64. The summed E-state index contributed by atoms with van der Waals surface area (Å²) in [4.78, 5) is 0. The van der Waals surface area contributed by atoms with E-state index in [-0.39, 0.29) is 5.41 Å². The fourth-order valence-corrected chi connectivity index (χ4v) is 2.38. The zero-order valence-corrected chi connectivity index (χ0v) is 10.5. The third-order valence-corrected chi connectivity index (χ3v) is 3.33. The van der Waals surface area contributed by atoms with E-state index in [2.05, 4.69) is 31.2 Å². The first-order chi connectivity index (χ1) is 7.57. The van der Waals surface area contributed by atoms with Crippen LogP contribution in [-0.4, -0.2) is 18.2 Å². The van der Waals surface area contributed by atoms with Gasteiger partial charge >= 0.3 is 0 Å². The van der Waals surface area contributed by atoms with Gasteiger partial charge in [-0.1, -0.05) is 25.9 Å². The molecule has 0 saturated carbocycles. The highest BCUT2D eigenvalue weighted by molar-refractivity contribution is 5.22. The standard InChI is InChI=1S/C13H22N2O/c1-13(2,3)11-9-15-16-12(11)7-10-5-4-6-14-8-10/h9-10,14H,4-8H2,1-3H3. The summed E-state index contributed by atoms with van der Waals surface area (Å²) in [6.45, 7) is 8.91. The normalized spacial score (nSPS) is 22.3. The molecular formula is C13H22N2O. The molecule has 1 atom stereocenters. The lowest BCUT2D eigenvalue weighted by molar-refractivity contribution is 0.317. The van der Waals surface area contributed by atoms with Crippen LogP contribution in [0.3, 0.4) is 0 Å². The van der Waals surface area contributed by atoms with Crippen LogP contribution in [0.4, 0.5) is 0 Å². The van der Waals surface area contributed by atoms with Crippen LogP contribution in [0, 0.1) is 5.92 Å². The monoisotopic (exact) mass is 222 g/mol. The minimum atomic E-state index is 0.136. The van der Waals surface area contributed by atoms with E-state index in [9.17, 15) is 0 Å². The highest BCUT2D eigenvalue weighted by Crippen LogP contribution is 2.28. The second-order valence-corrected chi connectivity index (χ2v) is 5.83. The van der Waals surface area contributed by atoms with Crippen molar-refractivity contribution < 1.29 is 4.52 Å². The van der Waals surface area contributed by atoms with E-state index in [0.29, 0.717) is 5.92 Å². The average Bonchev–Trinajstić information content (AvgIpc) is 2.67. The molecule has 0 amide bonds. The Balaban J connectivity index is 2.06. The van der Waals surface area contributed by atoms with Crippen molar-refractivity contribution in [2.75, 3.05) is 13.1 Å². The lowest BCUT2D eigenvalue weighted by Crippen LogP contribution is -2.31. The predicted octanol–water partition coefficient (Wildman–Crippen LogP) is 2.51. The van der Waals surface area contributed by atoms with Crippen LogP contribution in [0.5, 0.6) is 0 Å². The van der Waals surface area contributed by atoms with Crippen LogP contribution in [0.15, 0.2) is 10.7 Å². The van der Waals surface area contributed by atoms with Crippen LogP contribution < -0.4 is 5.32 Å². The number of nitrogens with zero attached hydrogens (tertiary/aromatic N) is 1. The Kier molecular flexibility index (Phi) is 3.33. The third-order valence-electron chi connectivity index (χ3n) is 3.33. The summed E-state index contributed by atoms with van der Waals surface area (Å²) in [5.74, 6) is 1.80. The number of rotatable bonds is 2. The summed E-state index contributed by atoms with van der Waals surface area (Å²) in [5, 5.41) is 7.40. The van der Waals surface area contributed by atoms with Gasteiger partial charge < -0.3 is 9.84 Å². The van der Waals surface area contributed by atoms with Crippen molar-refractivity contribution in [3.8, 4) is 0 Å². The maximum Gasteiger partial charge on any atom is 0.140 e. The van der Waals surface area contributed by atoms with Gasteiger partial charge in [0, 0.05) is 12.0 Å². The lowest BCUT2D eigenvalue weighted by Gasteiger charge is -2.23. The Hall–Kier alpha value is -0.830. The molecule has 1 N–H and O–H groups in total. The Morgan fingerprint density at radius 2 is 2.31 bits per heavy atom. The summed E-state index contributed by atoms with van der Waals surface area (Å²) in [6.07, 6.45) is 5.49. The van der Waals surface area contributed by atoms with Gasteiger partial charge in [0.1, 0.15) is 5.76 Å². The Morgan fingerprint density at radius 1 is 1.50 bits per heavy atom. The molecule has 1 aromatic rings. The van der Waals surface area contributed by atoms with Gasteiger partial charge in [0.2, 0.25) is 0 Å². The van der Waals surface area contributed by atoms with Crippen molar-refractivity contribution in [3.05, 3.63) is 17.5 Å². The van der Waals surface area contributed by atoms with Gasteiger partial charge in [0.05, 0.1) is 6.20 Å². The minimum Gasteiger partial charge on any atom is -0.361 e. The number of piperidine rings is 1. The van der Waals surface area contributed by atoms with Crippen molar-refractivity contribution in [2.45, 2.75) is 45.4 Å². The lowest BCUT2D eigenvalue weighted by atomic mass is 9.84. The van der Waals surface area contributed by atoms with Crippen LogP contribution in [-0.2, 0) is 11.8 Å². The molecule has 3 nitrogen and oxygen atoms in total. The van der Waals surface area contributed by atoms with Crippen LogP contribution in [0.2, 0.25) is 0 Å². The topological polar surface area (TPSA) is 38.1 Å². The fourth-order valence-electron chi connectivity index (χ4n) is 2.38. The van der Waals surface area contributed by atoms with E-state index >= 15 is 0 Å². The maximum atomic E-state index is 5.42. The minimum absolute atomic E-state index is 0.136.